The second-order valence-electron chi connectivity index (χ2n) is 4.45. The third kappa shape index (κ3) is 3.74. The van der Waals surface area contributed by atoms with E-state index in [-0.39, 0.29) is 6.04 Å². The van der Waals surface area contributed by atoms with Gasteiger partial charge in [-0.3, -0.25) is 0 Å². The van der Waals surface area contributed by atoms with Crippen molar-refractivity contribution in [3.63, 3.8) is 0 Å². The highest BCUT2D eigenvalue weighted by Crippen LogP contribution is 2.27. The van der Waals surface area contributed by atoms with Gasteiger partial charge in [-0.05, 0) is 54.9 Å². The number of hydrogen-bond acceptors (Lipinski definition) is 5. The van der Waals surface area contributed by atoms with Crippen LogP contribution in [0, 0.1) is 3.57 Å². The lowest BCUT2D eigenvalue weighted by molar-refractivity contribution is 0.357. The van der Waals surface area contributed by atoms with Gasteiger partial charge in [0.1, 0.15) is 0 Å². The summed E-state index contributed by atoms with van der Waals surface area (Å²) in [5.74, 6) is 1.02. The van der Waals surface area contributed by atoms with Crippen LogP contribution in [0.25, 0.3) is 11.5 Å². The molecular formula is C12H14BrIN4O. The number of aromatic nitrogens is 2. The third-order valence-corrected chi connectivity index (χ3v) is 3.93. The molecule has 7 heteroatoms. The Bertz CT molecular complexity index is 573. The van der Waals surface area contributed by atoms with E-state index < -0.39 is 0 Å². The molecule has 2 N–H and O–H groups in total. The SMILES string of the molecule is CN(C)CC(N)c1noc(-c2cc(Br)ccc2I)n1. The smallest absolute Gasteiger partial charge is 0.259 e. The van der Waals surface area contributed by atoms with Gasteiger partial charge in [0.05, 0.1) is 11.6 Å². The lowest BCUT2D eigenvalue weighted by Gasteiger charge is -2.12. The number of likely N-dealkylation sites (N-methyl/N-ethyl adjacent to an activating group) is 1. The Balaban J connectivity index is 2.28. The van der Waals surface area contributed by atoms with Crippen LogP contribution in [0.5, 0.6) is 0 Å². The van der Waals surface area contributed by atoms with Crippen molar-refractivity contribution in [1.29, 1.82) is 0 Å². The van der Waals surface area contributed by atoms with E-state index in [2.05, 4.69) is 48.7 Å². The van der Waals surface area contributed by atoms with E-state index in [0.29, 0.717) is 18.3 Å². The quantitative estimate of drug-likeness (QED) is 0.746. The number of nitrogens with zero attached hydrogens (tertiary/aromatic N) is 3. The van der Waals surface area contributed by atoms with E-state index in [1.54, 1.807) is 0 Å². The fraction of sp³-hybridized carbons (Fsp3) is 0.333. The lowest BCUT2D eigenvalue weighted by Crippen LogP contribution is -2.26. The summed E-state index contributed by atoms with van der Waals surface area (Å²) in [5.41, 5.74) is 6.93. The van der Waals surface area contributed by atoms with Gasteiger partial charge in [0.15, 0.2) is 5.82 Å². The van der Waals surface area contributed by atoms with E-state index in [4.69, 9.17) is 10.3 Å². The molecular weight excluding hydrogens is 423 g/mol. The van der Waals surface area contributed by atoms with Gasteiger partial charge in [0.25, 0.3) is 5.89 Å². The van der Waals surface area contributed by atoms with E-state index >= 15 is 0 Å². The minimum Gasteiger partial charge on any atom is -0.334 e. The molecule has 0 aliphatic carbocycles. The summed E-state index contributed by atoms with van der Waals surface area (Å²) >= 11 is 5.68. The number of rotatable bonds is 4. The Hall–Kier alpha value is -0.510. The molecule has 1 aromatic heterocycles. The summed E-state index contributed by atoms with van der Waals surface area (Å²) in [6.07, 6.45) is 0. The number of hydrogen-bond donors (Lipinski definition) is 1. The van der Waals surface area contributed by atoms with Gasteiger partial charge in [-0.1, -0.05) is 21.1 Å². The van der Waals surface area contributed by atoms with E-state index in [9.17, 15) is 0 Å². The zero-order valence-corrected chi connectivity index (χ0v) is 14.3. The van der Waals surface area contributed by atoms with Crippen molar-refractivity contribution in [3.8, 4) is 11.5 Å². The van der Waals surface area contributed by atoms with Crippen molar-refractivity contribution >= 4 is 38.5 Å². The molecule has 0 radical (unpaired) electrons. The van der Waals surface area contributed by atoms with Crippen LogP contribution in [0.2, 0.25) is 0 Å². The first-order chi connectivity index (χ1) is 8.97. The summed E-state index contributed by atoms with van der Waals surface area (Å²) in [6, 6.07) is 5.66. The van der Waals surface area contributed by atoms with Gasteiger partial charge in [-0.25, -0.2) is 0 Å². The van der Waals surface area contributed by atoms with Crippen molar-refractivity contribution < 1.29 is 4.52 Å². The van der Waals surface area contributed by atoms with Crippen LogP contribution in [0.4, 0.5) is 0 Å². The maximum atomic E-state index is 6.02. The topological polar surface area (TPSA) is 68.2 Å². The standard InChI is InChI=1S/C12H14BrIN4O/c1-18(2)6-10(15)11-16-12(19-17-11)8-5-7(13)3-4-9(8)14/h3-5,10H,6,15H2,1-2H3. The molecule has 0 aliphatic heterocycles. The molecule has 0 amide bonds. The van der Waals surface area contributed by atoms with Gasteiger partial charge in [0.2, 0.25) is 0 Å². The Morgan fingerprint density at radius 2 is 2.21 bits per heavy atom. The molecule has 1 unspecified atom stereocenters. The maximum absolute atomic E-state index is 6.02. The summed E-state index contributed by atoms with van der Waals surface area (Å²) in [5, 5.41) is 3.96. The van der Waals surface area contributed by atoms with Crippen LogP contribution in [-0.4, -0.2) is 35.7 Å². The maximum Gasteiger partial charge on any atom is 0.259 e. The summed E-state index contributed by atoms with van der Waals surface area (Å²) in [4.78, 5) is 6.37. The Kier molecular flexibility index (Phi) is 4.93. The van der Waals surface area contributed by atoms with Crippen molar-refractivity contribution in [2.75, 3.05) is 20.6 Å². The molecule has 1 atom stereocenters. The zero-order chi connectivity index (χ0) is 14.0. The minimum absolute atomic E-state index is 0.252. The molecule has 0 saturated carbocycles. The monoisotopic (exact) mass is 436 g/mol. The highest BCUT2D eigenvalue weighted by molar-refractivity contribution is 14.1. The Morgan fingerprint density at radius 1 is 1.47 bits per heavy atom. The fourth-order valence-electron chi connectivity index (χ4n) is 1.63. The molecule has 2 rings (SSSR count). The molecule has 0 spiro atoms. The van der Waals surface area contributed by atoms with Crippen molar-refractivity contribution in [3.05, 3.63) is 32.1 Å². The van der Waals surface area contributed by atoms with Gasteiger partial charge < -0.3 is 15.2 Å². The van der Waals surface area contributed by atoms with Crippen LogP contribution in [0.15, 0.2) is 27.2 Å². The highest BCUT2D eigenvalue weighted by atomic mass is 127. The number of halogens is 2. The van der Waals surface area contributed by atoms with Gasteiger partial charge in [-0.2, -0.15) is 4.98 Å². The Morgan fingerprint density at radius 3 is 2.89 bits per heavy atom. The van der Waals surface area contributed by atoms with Gasteiger partial charge >= 0.3 is 0 Å². The largest absolute Gasteiger partial charge is 0.334 e. The average molecular weight is 437 g/mol. The molecule has 0 aliphatic rings. The third-order valence-electron chi connectivity index (χ3n) is 2.49. The minimum atomic E-state index is -0.252. The first-order valence-electron chi connectivity index (χ1n) is 5.66. The number of benzene rings is 1. The molecule has 0 fully saturated rings. The summed E-state index contributed by atoms with van der Waals surface area (Å²) in [6.45, 7) is 0.675. The van der Waals surface area contributed by atoms with E-state index in [1.807, 2.05) is 37.2 Å². The molecule has 102 valence electrons. The van der Waals surface area contributed by atoms with Crippen molar-refractivity contribution in [2.45, 2.75) is 6.04 Å². The van der Waals surface area contributed by atoms with Crippen LogP contribution < -0.4 is 5.73 Å². The molecule has 2 aromatic rings. The second-order valence-corrected chi connectivity index (χ2v) is 6.53. The predicted molar refractivity (Wildman–Crippen MR) is 85.6 cm³/mol. The zero-order valence-electron chi connectivity index (χ0n) is 10.6. The second kappa shape index (κ2) is 6.29. The van der Waals surface area contributed by atoms with E-state index in [1.165, 1.54) is 0 Å². The summed E-state index contributed by atoms with van der Waals surface area (Å²) < 4.78 is 7.33. The average Bonchev–Trinajstić information content (AvgIpc) is 2.80. The van der Waals surface area contributed by atoms with Crippen LogP contribution in [0.3, 0.4) is 0 Å². The number of nitrogens with two attached hydrogens (primary N) is 1. The fourth-order valence-corrected chi connectivity index (χ4v) is 2.56. The van der Waals surface area contributed by atoms with Crippen molar-refractivity contribution in [2.24, 2.45) is 5.73 Å². The summed E-state index contributed by atoms with van der Waals surface area (Å²) in [7, 11) is 3.91. The van der Waals surface area contributed by atoms with Gasteiger partial charge in [-0.15, -0.1) is 0 Å². The molecule has 5 nitrogen and oxygen atoms in total. The molecule has 0 saturated heterocycles. The van der Waals surface area contributed by atoms with Crippen LogP contribution in [0.1, 0.15) is 11.9 Å². The van der Waals surface area contributed by atoms with E-state index in [0.717, 1.165) is 13.6 Å². The normalized spacial score (nSPS) is 12.9. The lowest BCUT2D eigenvalue weighted by atomic mass is 10.2. The predicted octanol–water partition coefficient (Wildman–Crippen LogP) is 2.67. The van der Waals surface area contributed by atoms with Crippen LogP contribution >= 0.6 is 38.5 Å². The Labute approximate surface area is 133 Å². The first-order valence-corrected chi connectivity index (χ1v) is 7.54. The molecule has 0 bridgehead atoms. The molecule has 1 heterocycles. The molecule has 19 heavy (non-hydrogen) atoms. The highest BCUT2D eigenvalue weighted by Gasteiger charge is 2.17. The van der Waals surface area contributed by atoms with Crippen LogP contribution in [-0.2, 0) is 0 Å². The first kappa shape index (κ1) is 14.9. The van der Waals surface area contributed by atoms with Gasteiger partial charge in [0, 0.05) is 14.6 Å². The van der Waals surface area contributed by atoms with Crippen molar-refractivity contribution in [1.82, 2.24) is 15.0 Å². The molecule has 1 aromatic carbocycles.